The van der Waals surface area contributed by atoms with E-state index in [9.17, 15) is 14.4 Å². The van der Waals surface area contributed by atoms with E-state index in [2.05, 4.69) is 15.6 Å². The second-order valence-corrected chi connectivity index (χ2v) is 6.12. The van der Waals surface area contributed by atoms with Gasteiger partial charge in [-0.3, -0.25) is 14.4 Å². The number of pyridine rings is 1. The molecule has 1 atom stereocenters. The monoisotopic (exact) mass is 340 g/mol. The first-order valence-electron chi connectivity index (χ1n) is 8.00. The summed E-state index contributed by atoms with van der Waals surface area (Å²) in [6.45, 7) is 3.72. The Morgan fingerprint density at radius 2 is 2.00 bits per heavy atom. The van der Waals surface area contributed by atoms with Gasteiger partial charge in [0.1, 0.15) is 18.3 Å². The Hall–Kier alpha value is -3.14. The van der Waals surface area contributed by atoms with Crippen LogP contribution in [0.15, 0.2) is 35.1 Å². The maximum absolute atomic E-state index is 12.5. The molecule has 0 aliphatic heterocycles. The van der Waals surface area contributed by atoms with Gasteiger partial charge in [-0.2, -0.15) is 5.26 Å². The third-order valence-electron chi connectivity index (χ3n) is 3.65. The predicted molar refractivity (Wildman–Crippen MR) is 93.9 cm³/mol. The highest BCUT2D eigenvalue weighted by atomic mass is 16.2. The Kier molecular flexibility index (Phi) is 5.90. The maximum Gasteiger partial charge on any atom is 0.268 e. The lowest BCUT2D eigenvalue weighted by Crippen LogP contribution is -2.47. The molecule has 25 heavy (non-hydrogen) atoms. The quantitative estimate of drug-likeness (QED) is 0.688. The predicted octanol–water partition coefficient (Wildman–Crippen LogP) is 1.31. The first kappa shape index (κ1) is 18.2. The second kappa shape index (κ2) is 8.11. The summed E-state index contributed by atoms with van der Waals surface area (Å²) in [5.74, 6) is -0.805. The zero-order valence-electron chi connectivity index (χ0n) is 14.1. The summed E-state index contributed by atoms with van der Waals surface area (Å²) < 4.78 is 0. The van der Waals surface area contributed by atoms with Crippen molar-refractivity contribution in [3.63, 3.8) is 0 Å². The minimum Gasteiger partial charge on any atom is -0.350 e. The van der Waals surface area contributed by atoms with Crippen LogP contribution in [0.5, 0.6) is 0 Å². The van der Waals surface area contributed by atoms with Crippen molar-refractivity contribution in [2.75, 3.05) is 6.54 Å². The highest BCUT2D eigenvalue weighted by Gasteiger charge is 2.23. The number of amides is 2. The van der Waals surface area contributed by atoms with E-state index in [4.69, 9.17) is 5.26 Å². The summed E-state index contributed by atoms with van der Waals surface area (Å²) in [5, 5.41) is 14.2. The maximum atomic E-state index is 12.5. The van der Waals surface area contributed by atoms with Gasteiger partial charge in [-0.25, -0.2) is 0 Å². The minimum atomic E-state index is -0.782. The smallest absolute Gasteiger partial charge is 0.268 e. The number of aromatic nitrogens is 1. The molecule has 1 aromatic carbocycles. The number of aromatic amines is 1. The number of H-pyrrole nitrogens is 1. The fourth-order valence-electron chi connectivity index (χ4n) is 2.51. The van der Waals surface area contributed by atoms with Gasteiger partial charge in [0.15, 0.2) is 5.43 Å². The van der Waals surface area contributed by atoms with E-state index >= 15 is 0 Å². The highest BCUT2D eigenvalue weighted by Crippen LogP contribution is 2.09. The first-order chi connectivity index (χ1) is 11.9. The summed E-state index contributed by atoms with van der Waals surface area (Å²) >= 11 is 0. The molecule has 0 fully saturated rings. The molecule has 1 aromatic heterocycles. The largest absolute Gasteiger partial charge is 0.350 e. The molecule has 0 saturated carbocycles. The number of fused-ring (bicyclic) bond motifs is 1. The Morgan fingerprint density at radius 3 is 2.68 bits per heavy atom. The summed E-state index contributed by atoms with van der Waals surface area (Å²) in [5.41, 5.74) is 0.369. The zero-order valence-corrected chi connectivity index (χ0v) is 14.1. The first-order valence-corrected chi connectivity index (χ1v) is 8.00. The molecule has 0 unspecified atom stereocenters. The third-order valence-corrected chi connectivity index (χ3v) is 3.65. The molecule has 7 heteroatoms. The molecule has 0 aliphatic carbocycles. The van der Waals surface area contributed by atoms with Crippen LogP contribution in [0.4, 0.5) is 0 Å². The Labute approximate surface area is 145 Å². The van der Waals surface area contributed by atoms with Crippen LogP contribution >= 0.6 is 0 Å². The molecule has 7 nitrogen and oxygen atoms in total. The van der Waals surface area contributed by atoms with Crippen molar-refractivity contribution in [3.05, 3.63) is 46.2 Å². The Bertz CT molecular complexity index is 880. The molecule has 3 N–H and O–H groups in total. The van der Waals surface area contributed by atoms with Crippen LogP contribution in [0, 0.1) is 17.2 Å². The standard InChI is InChI=1S/C18H20N4O3/c1-11(2)9-14(17(24)20-8-7-19)22-18(25)15-10-16(23)12-5-3-4-6-13(12)21-15/h3-6,10-11,14H,8-9H2,1-2H3,(H,20,24)(H,21,23)(H,22,25)/t14-/m0/s1. The zero-order chi connectivity index (χ0) is 18.4. The number of carbonyl (C=O) groups is 2. The third kappa shape index (κ3) is 4.67. The number of nitrogens with zero attached hydrogens (tertiary/aromatic N) is 1. The number of carbonyl (C=O) groups excluding carboxylic acids is 2. The van der Waals surface area contributed by atoms with Crippen LogP contribution in [-0.2, 0) is 4.79 Å². The van der Waals surface area contributed by atoms with Crippen molar-refractivity contribution < 1.29 is 9.59 Å². The number of rotatable bonds is 6. The van der Waals surface area contributed by atoms with Crippen molar-refractivity contribution in [2.24, 2.45) is 5.92 Å². The topological polar surface area (TPSA) is 115 Å². The van der Waals surface area contributed by atoms with Crippen molar-refractivity contribution >= 4 is 22.7 Å². The number of benzene rings is 1. The van der Waals surface area contributed by atoms with E-state index in [-0.39, 0.29) is 23.6 Å². The van der Waals surface area contributed by atoms with Crippen LogP contribution in [0.2, 0.25) is 0 Å². The summed E-state index contributed by atoms with van der Waals surface area (Å²) in [6.07, 6.45) is 0.417. The Morgan fingerprint density at radius 1 is 1.28 bits per heavy atom. The van der Waals surface area contributed by atoms with Crippen molar-refractivity contribution in [3.8, 4) is 6.07 Å². The summed E-state index contributed by atoms with van der Waals surface area (Å²) in [4.78, 5) is 39.7. The van der Waals surface area contributed by atoms with E-state index in [0.717, 1.165) is 0 Å². The van der Waals surface area contributed by atoms with E-state index in [1.807, 2.05) is 19.9 Å². The van der Waals surface area contributed by atoms with Crippen LogP contribution in [-0.4, -0.2) is 29.4 Å². The molecule has 2 rings (SSSR count). The van der Waals surface area contributed by atoms with Crippen LogP contribution in [0.3, 0.4) is 0 Å². The number of nitriles is 1. The lowest BCUT2D eigenvalue weighted by molar-refractivity contribution is -0.123. The van der Waals surface area contributed by atoms with Crippen molar-refractivity contribution in [1.82, 2.24) is 15.6 Å². The number of para-hydroxylation sites is 1. The second-order valence-electron chi connectivity index (χ2n) is 6.12. The van der Waals surface area contributed by atoms with Gasteiger partial charge < -0.3 is 15.6 Å². The molecular weight excluding hydrogens is 320 g/mol. The van der Waals surface area contributed by atoms with E-state index in [1.54, 1.807) is 24.3 Å². The van der Waals surface area contributed by atoms with Crippen molar-refractivity contribution in [1.29, 1.82) is 5.26 Å². The molecule has 2 amide bonds. The minimum absolute atomic E-state index is 0.0885. The van der Waals surface area contributed by atoms with E-state index in [0.29, 0.717) is 17.3 Å². The van der Waals surface area contributed by atoms with Gasteiger partial charge in [0, 0.05) is 17.0 Å². The van der Waals surface area contributed by atoms with Gasteiger partial charge in [0.05, 0.1) is 6.07 Å². The van der Waals surface area contributed by atoms with Gasteiger partial charge in [-0.05, 0) is 24.5 Å². The van der Waals surface area contributed by atoms with Crippen LogP contribution in [0.25, 0.3) is 10.9 Å². The van der Waals surface area contributed by atoms with Gasteiger partial charge in [0.25, 0.3) is 5.91 Å². The van der Waals surface area contributed by atoms with Gasteiger partial charge >= 0.3 is 0 Å². The molecule has 2 aromatic rings. The molecule has 0 saturated heterocycles. The van der Waals surface area contributed by atoms with Gasteiger partial charge in [-0.15, -0.1) is 0 Å². The molecule has 130 valence electrons. The lowest BCUT2D eigenvalue weighted by atomic mass is 10.0. The fraction of sp³-hybridized carbons (Fsp3) is 0.333. The SMILES string of the molecule is CC(C)C[C@H](NC(=O)c1cc(=O)c2ccccc2[nH]1)C(=O)NCC#N. The molecule has 0 spiro atoms. The van der Waals surface area contributed by atoms with Crippen LogP contribution < -0.4 is 16.1 Å². The molecule has 0 aliphatic rings. The summed E-state index contributed by atoms with van der Waals surface area (Å²) in [7, 11) is 0. The molecule has 0 radical (unpaired) electrons. The lowest BCUT2D eigenvalue weighted by Gasteiger charge is -2.19. The molecule has 1 heterocycles. The normalized spacial score (nSPS) is 11.8. The number of nitrogens with one attached hydrogen (secondary N) is 3. The number of hydrogen-bond donors (Lipinski definition) is 3. The van der Waals surface area contributed by atoms with Crippen molar-refractivity contribution in [2.45, 2.75) is 26.3 Å². The average molecular weight is 340 g/mol. The van der Waals surface area contributed by atoms with E-state index < -0.39 is 17.9 Å². The van der Waals surface area contributed by atoms with E-state index in [1.165, 1.54) is 6.07 Å². The molecular formula is C18H20N4O3. The average Bonchev–Trinajstić information content (AvgIpc) is 2.58. The Balaban J connectivity index is 2.24. The number of hydrogen-bond acceptors (Lipinski definition) is 4. The molecule has 0 bridgehead atoms. The van der Waals surface area contributed by atoms with Crippen LogP contribution in [0.1, 0.15) is 30.8 Å². The summed E-state index contributed by atoms with van der Waals surface area (Å²) in [6, 6.07) is 9.15. The highest BCUT2D eigenvalue weighted by molar-refractivity contribution is 5.97. The van der Waals surface area contributed by atoms with Gasteiger partial charge in [-0.1, -0.05) is 26.0 Å². The fourth-order valence-corrected chi connectivity index (χ4v) is 2.51. The van der Waals surface area contributed by atoms with Gasteiger partial charge in [0.2, 0.25) is 5.91 Å².